The quantitative estimate of drug-likeness (QED) is 0.639. The molecule has 0 heterocycles. The second-order valence-electron chi connectivity index (χ2n) is 7.84. The zero-order valence-corrected chi connectivity index (χ0v) is 18.4. The summed E-state index contributed by atoms with van der Waals surface area (Å²) in [7, 11) is -3.63. The van der Waals surface area contributed by atoms with Crippen LogP contribution in [0.3, 0.4) is 0 Å². The normalized spacial score (nSPS) is 13.7. The molecule has 0 unspecified atom stereocenters. The van der Waals surface area contributed by atoms with E-state index in [1.165, 1.54) is 5.56 Å². The van der Waals surface area contributed by atoms with E-state index in [9.17, 15) is 13.2 Å². The van der Waals surface area contributed by atoms with Crippen LogP contribution in [0.25, 0.3) is 0 Å². The number of nitrogens with one attached hydrogen (secondary N) is 2. The second-order valence-corrected chi connectivity index (χ2v) is 9.60. The van der Waals surface area contributed by atoms with Crippen LogP contribution in [-0.4, -0.2) is 27.0 Å². The zero-order chi connectivity index (χ0) is 21.6. The van der Waals surface area contributed by atoms with Crippen LogP contribution in [0.4, 0.5) is 0 Å². The van der Waals surface area contributed by atoms with Gasteiger partial charge in [-0.15, -0.1) is 0 Å². The minimum atomic E-state index is -3.63. The molecular weight excluding hydrogens is 400 g/mol. The van der Waals surface area contributed by atoms with Crippen LogP contribution >= 0.6 is 0 Å². The molecule has 0 saturated carbocycles. The number of rotatable bonds is 9. The number of amides is 1. The third-order valence-corrected chi connectivity index (χ3v) is 6.54. The highest BCUT2D eigenvalue weighted by Crippen LogP contribution is 2.24. The lowest BCUT2D eigenvalue weighted by atomic mass is 9.92. The Morgan fingerprint density at radius 3 is 2.57 bits per heavy atom. The van der Waals surface area contributed by atoms with Crippen LogP contribution in [0.1, 0.15) is 49.8 Å². The van der Waals surface area contributed by atoms with Gasteiger partial charge in [-0.3, -0.25) is 4.79 Å². The number of para-hydroxylation sites is 1. The van der Waals surface area contributed by atoms with Crippen LogP contribution in [0.2, 0.25) is 0 Å². The monoisotopic (exact) mass is 430 g/mol. The molecule has 7 heteroatoms. The summed E-state index contributed by atoms with van der Waals surface area (Å²) in [6.45, 7) is 4.28. The van der Waals surface area contributed by atoms with E-state index in [2.05, 4.69) is 10.0 Å². The Morgan fingerprint density at radius 2 is 1.80 bits per heavy atom. The number of carbonyl (C=O) groups is 1. The molecule has 0 aliphatic heterocycles. The smallest absolute Gasteiger partial charge is 0.240 e. The first-order valence-corrected chi connectivity index (χ1v) is 12.0. The number of ether oxygens (including phenoxy) is 1. The maximum absolute atomic E-state index is 12.6. The molecule has 0 saturated heterocycles. The number of fused-ring (bicyclic) bond motifs is 1. The summed E-state index contributed by atoms with van der Waals surface area (Å²) in [6.07, 6.45) is 4.28. The molecule has 2 N–H and O–H groups in total. The lowest BCUT2D eigenvalue weighted by molar-refractivity contribution is -0.121. The van der Waals surface area contributed by atoms with Crippen LogP contribution in [-0.2, 0) is 34.2 Å². The van der Waals surface area contributed by atoms with Gasteiger partial charge in [0.25, 0.3) is 0 Å². The molecule has 1 aliphatic rings. The van der Waals surface area contributed by atoms with Crippen molar-refractivity contribution in [2.45, 2.75) is 63.5 Å². The predicted molar refractivity (Wildman–Crippen MR) is 117 cm³/mol. The minimum Gasteiger partial charge on any atom is -0.491 e. The molecule has 0 atom stereocenters. The van der Waals surface area contributed by atoms with Gasteiger partial charge >= 0.3 is 0 Å². The maximum Gasteiger partial charge on any atom is 0.240 e. The highest BCUT2D eigenvalue weighted by molar-refractivity contribution is 7.89. The summed E-state index contributed by atoms with van der Waals surface area (Å²) in [4.78, 5) is 12.4. The maximum atomic E-state index is 12.6. The molecule has 30 heavy (non-hydrogen) atoms. The Balaban J connectivity index is 1.50. The minimum absolute atomic E-state index is 0.0415. The van der Waals surface area contributed by atoms with Crippen LogP contribution in [0.15, 0.2) is 47.4 Å². The Hall–Kier alpha value is -2.38. The van der Waals surface area contributed by atoms with Gasteiger partial charge in [-0.1, -0.05) is 24.3 Å². The van der Waals surface area contributed by atoms with Crippen molar-refractivity contribution in [3.05, 3.63) is 59.2 Å². The van der Waals surface area contributed by atoms with Crippen molar-refractivity contribution in [3.63, 3.8) is 0 Å². The van der Waals surface area contributed by atoms with E-state index in [-0.39, 0.29) is 29.9 Å². The highest BCUT2D eigenvalue weighted by Gasteiger charge is 2.18. The van der Waals surface area contributed by atoms with E-state index in [1.807, 2.05) is 44.2 Å². The third-order valence-electron chi connectivity index (χ3n) is 5.09. The number of hydrogen-bond acceptors (Lipinski definition) is 4. The third kappa shape index (κ3) is 6.06. The Kier molecular flexibility index (Phi) is 7.50. The fourth-order valence-corrected chi connectivity index (χ4v) is 4.64. The molecule has 2 aromatic carbocycles. The van der Waals surface area contributed by atoms with Gasteiger partial charge < -0.3 is 10.1 Å². The average Bonchev–Trinajstić information content (AvgIpc) is 2.72. The summed E-state index contributed by atoms with van der Waals surface area (Å²) in [5, 5.41) is 2.83. The first-order valence-electron chi connectivity index (χ1n) is 10.5. The van der Waals surface area contributed by atoms with Gasteiger partial charge in [0.2, 0.25) is 15.9 Å². The van der Waals surface area contributed by atoms with Crippen molar-refractivity contribution in [1.82, 2.24) is 10.0 Å². The number of carbonyl (C=O) groups excluding carboxylic acids is 1. The fourth-order valence-electron chi connectivity index (χ4n) is 3.56. The molecule has 6 nitrogen and oxygen atoms in total. The van der Waals surface area contributed by atoms with E-state index in [4.69, 9.17) is 4.74 Å². The topological polar surface area (TPSA) is 84.5 Å². The molecule has 0 aromatic heterocycles. The van der Waals surface area contributed by atoms with Gasteiger partial charge in [0.05, 0.1) is 11.0 Å². The first kappa shape index (κ1) is 22.3. The van der Waals surface area contributed by atoms with Crippen molar-refractivity contribution in [2.24, 2.45) is 0 Å². The van der Waals surface area contributed by atoms with Gasteiger partial charge in [-0.2, -0.15) is 0 Å². The van der Waals surface area contributed by atoms with E-state index in [1.54, 1.807) is 12.1 Å². The second kappa shape index (κ2) is 10.1. The lowest BCUT2D eigenvalue weighted by Gasteiger charge is -2.17. The van der Waals surface area contributed by atoms with Crippen molar-refractivity contribution < 1.29 is 17.9 Å². The van der Waals surface area contributed by atoms with Crippen LogP contribution in [0.5, 0.6) is 5.75 Å². The summed E-state index contributed by atoms with van der Waals surface area (Å²) >= 11 is 0. The molecule has 3 rings (SSSR count). The van der Waals surface area contributed by atoms with Crippen molar-refractivity contribution in [3.8, 4) is 5.75 Å². The number of hydrogen-bond donors (Lipinski definition) is 2. The molecule has 1 amide bonds. The van der Waals surface area contributed by atoms with Crippen molar-refractivity contribution in [2.75, 3.05) is 6.54 Å². The summed E-state index contributed by atoms with van der Waals surface area (Å²) < 4.78 is 33.4. The van der Waals surface area contributed by atoms with Gasteiger partial charge in [0, 0.05) is 25.1 Å². The highest BCUT2D eigenvalue weighted by atomic mass is 32.2. The van der Waals surface area contributed by atoms with Gasteiger partial charge in [-0.05, 0) is 68.9 Å². The zero-order valence-electron chi connectivity index (χ0n) is 17.6. The molecule has 2 aromatic rings. The van der Waals surface area contributed by atoms with Crippen molar-refractivity contribution >= 4 is 15.9 Å². The Morgan fingerprint density at radius 1 is 1.07 bits per heavy atom. The Bertz CT molecular complexity index is 986. The van der Waals surface area contributed by atoms with Crippen LogP contribution in [0, 0.1) is 0 Å². The van der Waals surface area contributed by atoms with E-state index >= 15 is 0 Å². The molecular formula is C23H30N2O4S. The predicted octanol–water partition coefficient (Wildman–Crippen LogP) is 3.34. The number of aryl methyl sites for hydroxylation is 2. The SMILES string of the molecule is CC(C)Oc1ccccc1CNC(=O)CCNS(=O)(=O)c1ccc2c(c1)CCCC2. The molecule has 162 valence electrons. The fraction of sp³-hybridized carbons (Fsp3) is 0.435. The molecule has 0 fully saturated rings. The van der Waals surface area contributed by atoms with E-state index in [0.717, 1.165) is 42.6 Å². The molecule has 0 bridgehead atoms. The first-order chi connectivity index (χ1) is 14.3. The van der Waals surface area contributed by atoms with Gasteiger partial charge in [0.1, 0.15) is 5.75 Å². The summed E-state index contributed by atoms with van der Waals surface area (Å²) in [6, 6.07) is 12.9. The largest absolute Gasteiger partial charge is 0.491 e. The molecule has 0 radical (unpaired) electrons. The standard InChI is InChI=1S/C23H30N2O4S/c1-17(2)29-22-10-6-5-9-20(22)16-24-23(26)13-14-25-30(27,28)21-12-11-18-7-3-4-8-19(18)15-21/h5-6,9-12,15,17,25H,3-4,7-8,13-14,16H2,1-2H3,(H,24,26). The van der Waals surface area contributed by atoms with Gasteiger partial charge in [-0.25, -0.2) is 13.1 Å². The average molecular weight is 431 g/mol. The number of benzene rings is 2. The molecule has 1 aliphatic carbocycles. The summed E-state index contributed by atoms with van der Waals surface area (Å²) in [5.74, 6) is 0.517. The van der Waals surface area contributed by atoms with Crippen molar-refractivity contribution in [1.29, 1.82) is 0 Å². The Labute approximate surface area is 179 Å². The van der Waals surface area contributed by atoms with Gasteiger partial charge in [0.15, 0.2) is 0 Å². The molecule has 0 spiro atoms. The van der Waals surface area contributed by atoms with E-state index in [0.29, 0.717) is 6.54 Å². The number of sulfonamides is 1. The lowest BCUT2D eigenvalue weighted by Crippen LogP contribution is -2.30. The van der Waals surface area contributed by atoms with Crippen LogP contribution < -0.4 is 14.8 Å². The summed E-state index contributed by atoms with van der Waals surface area (Å²) in [5.41, 5.74) is 3.24. The van der Waals surface area contributed by atoms with E-state index < -0.39 is 10.0 Å².